The molecule has 0 radical (unpaired) electrons. The van der Waals surface area contributed by atoms with Gasteiger partial charge in [0.1, 0.15) is 6.04 Å². The molecule has 0 unspecified atom stereocenters. The van der Waals surface area contributed by atoms with Gasteiger partial charge in [0.15, 0.2) is 11.5 Å². The first-order valence-electron chi connectivity index (χ1n) is 7.80. The number of amides is 1. The van der Waals surface area contributed by atoms with Gasteiger partial charge in [-0.05, 0) is 30.0 Å². The molecule has 0 saturated heterocycles. The summed E-state index contributed by atoms with van der Waals surface area (Å²) in [6.07, 6.45) is 0.691. The van der Waals surface area contributed by atoms with E-state index in [0.29, 0.717) is 23.8 Å². The lowest BCUT2D eigenvalue weighted by molar-refractivity contribution is -0.119. The Labute approximate surface area is 146 Å². The molecule has 5 nitrogen and oxygen atoms in total. The Bertz CT molecular complexity index is 697. The highest BCUT2D eigenvalue weighted by molar-refractivity contribution is 7.08. The van der Waals surface area contributed by atoms with Crippen LogP contribution in [0.5, 0.6) is 11.5 Å². The van der Waals surface area contributed by atoms with Crippen molar-refractivity contribution in [3.05, 3.63) is 29.0 Å². The number of carbonyl (C=O) groups excluding carboxylic acids is 1. The Hall–Kier alpha value is -2.21. The number of carbonyl (C=O) groups is 1. The number of rotatable bonds is 8. The summed E-state index contributed by atoms with van der Waals surface area (Å²) in [6.45, 7) is 4.14. The molecule has 1 aromatic heterocycles. The fourth-order valence-corrected chi connectivity index (χ4v) is 3.34. The van der Waals surface area contributed by atoms with Gasteiger partial charge < -0.3 is 20.5 Å². The van der Waals surface area contributed by atoms with E-state index in [1.54, 1.807) is 25.6 Å². The van der Waals surface area contributed by atoms with Crippen LogP contribution in [0.15, 0.2) is 29.0 Å². The van der Waals surface area contributed by atoms with Crippen LogP contribution in [-0.2, 0) is 4.79 Å². The second-order valence-electron chi connectivity index (χ2n) is 6.00. The van der Waals surface area contributed by atoms with Gasteiger partial charge in [-0.3, -0.25) is 4.79 Å². The quantitative estimate of drug-likeness (QED) is 0.762. The predicted octanol–water partition coefficient (Wildman–Crippen LogP) is 3.74. The van der Waals surface area contributed by atoms with Gasteiger partial charge in [-0.1, -0.05) is 19.9 Å². The number of hydrogen-bond donors (Lipinski definition) is 2. The normalized spacial score (nSPS) is 12.0. The molecule has 0 spiro atoms. The summed E-state index contributed by atoms with van der Waals surface area (Å²) in [5, 5.41) is 7.31. The monoisotopic (exact) mass is 348 g/mol. The Morgan fingerprint density at radius 3 is 2.50 bits per heavy atom. The minimum atomic E-state index is -0.390. The molecular formula is C18H24N2O3S. The van der Waals surface area contributed by atoms with Crippen LogP contribution in [0.25, 0.3) is 11.1 Å². The number of nitrogens with two attached hydrogens (primary N) is 1. The van der Waals surface area contributed by atoms with Crippen LogP contribution in [0.2, 0.25) is 0 Å². The summed E-state index contributed by atoms with van der Waals surface area (Å²) in [5.74, 6) is 1.38. The minimum absolute atomic E-state index is 0.340. The molecular weight excluding hydrogens is 324 g/mol. The van der Waals surface area contributed by atoms with E-state index in [4.69, 9.17) is 15.2 Å². The third-order valence-corrected chi connectivity index (χ3v) is 4.48. The standard InChI is InChI=1S/C18H24N2O3S/c1-11(2)7-14(18(19)21)20-15-10-24-9-13(15)12-5-6-16(22-3)17(8-12)23-4/h5-6,8-11,14,20H,7H2,1-4H3,(H2,19,21)/t14-/m0/s1. The molecule has 0 aliphatic carbocycles. The fourth-order valence-electron chi connectivity index (χ4n) is 2.54. The van der Waals surface area contributed by atoms with Crippen LogP contribution < -0.4 is 20.5 Å². The van der Waals surface area contributed by atoms with Crippen molar-refractivity contribution < 1.29 is 14.3 Å². The number of benzene rings is 1. The largest absolute Gasteiger partial charge is 0.493 e. The maximum Gasteiger partial charge on any atom is 0.239 e. The first-order valence-corrected chi connectivity index (χ1v) is 8.75. The first kappa shape index (κ1) is 18.1. The molecule has 2 aromatic rings. The van der Waals surface area contributed by atoms with Crippen LogP contribution in [0.4, 0.5) is 5.69 Å². The van der Waals surface area contributed by atoms with E-state index >= 15 is 0 Å². The number of methoxy groups -OCH3 is 2. The Morgan fingerprint density at radius 2 is 1.92 bits per heavy atom. The number of anilines is 1. The molecule has 0 bridgehead atoms. The molecule has 0 saturated carbocycles. The Morgan fingerprint density at radius 1 is 1.21 bits per heavy atom. The molecule has 1 amide bonds. The molecule has 0 fully saturated rings. The van der Waals surface area contributed by atoms with Gasteiger partial charge >= 0.3 is 0 Å². The molecule has 2 rings (SSSR count). The molecule has 0 aliphatic rings. The number of hydrogen-bond acceptors (Lipinski definition) is 5. The van der Waals surface area contributed by atoms with Gasteiger partial charge in [-0.2, -0.15) is 0 Å². The number of nitrogens with one attached hydrogen (secondary N) is 1. The van der Waals surface area contributed by atoms with Crippen LogP contribution in [0, 0.1) is 5.92 Å². The number of primary amides is 1. The van der Waals surface area contributed by atoms with Gasteiger partial charge in [0.2, 0.25) is 5.91 Å². The van der Waals surface area contributed by atoms with Crippen molar-refractivity contribution in [3.8, 4) is 22.6 Å². The van der Waals surface area contributed by atoms with Crippen LogP contribution in [0.1, 0.15) is 20.3 Å². The van der Waals surface area contributed by atoms with Crippen molar-refractivity contribution in [1.82, 2.24) is 0 Å². The van der Waals surface area contributed by atoms with Gasteiger partial charge in [0.25, 0.3) is 0 Å². The summed E-state index contributed by atoms with van der Waals surface area (Å²) >= 11 is 1.57. The minimum Gasteiger partial charge on any atom is -0.493 e. The highest BCUT2D eigenvalue weighted by Gasteiger charge is 2.19. The lowest BCUT2D eigenvalue weighted by atomic mass is 10.0. The van der Waals surface area contributed by atoms with Crippen molar-refractivity contribution in [3.63, 3.8) is 0 Å². The molecule has 130 valence electrons. The summed E-state index contributed by atoms with van der Waals surface area (Å²) in [7, 11) is 3.22. The van der Waals surface area contributed by atoms with Gasteiger partial charge in [-0.25, -0.2) is 0 Å². The van der Waals surface area contributed by atoms with Crippen molar-refractivity contribution in [2.75, 3.05) is 19.5 Å². The highest BCUT2D eigenvalue weighted by atomic mass is 32.1. The second kappa shape index (κ2) is 8.06. The van der Waals surface area contributed by atoms with E-state index in [2.05, 4.69) is 19.2 Å². The van der Waals surface area contributed by atoms with Crippen molar-refractivity contribution >= 4 is 22.9 Å². The molecule has 3 N–H and O–H groups in total. The molecule has 1 heterocycles. The van der Waals surface area contributed by atoms with Gasteiger partial charge in [0.05, 0.1) is 19.9 Å². The average Bonchev–Trinajstić information content (AvgIpc) is 3.01. The van der Waals surface area contributed by atoms with E-state index < -0.39 is 6.04 Å². The van der Waals surface area contributed by atoms with Crippen LogP contribution >= 0.6 is 11.3 Å². The lowest BCUT2D eigenvalue weighted by Gasteiger charge is -2.19. The third-order valence-electron chi connectivity index (χ3n) is 3.74. The summed E-state index contributed by atoms with van der Waals surface area (Å²) in [4.78, 5) is 11.7. The fraction of sp³-hybridized carbons (Fsp3) is 0.389. The summed E-state index contributed by atoms with van der Waals surface area (Å²) in [6, 6.07) is 5.37. The summed E-state index contributed by atoms with van der Waals surface area (Å²) < 4.78 is 10.6. The number of thiophene rings is 1. The topological polar surface area (TPSA) is 73.6 Å². The number of ether oxygens (including phenoxy) is 2. The lowest BCUT2D eigenvalue weighted by Crippen LogP contribution is -2.36. The zero-order valence-electron chi connectivity index (χ0n) is 14.5. The first-order chi connectivity index (χ1) is 11.5. The van der Waals surface area contributed by atoms with Gasteiger partial charge in [0, 0.05) is 16.3 Å². The zero-order chi connectivity index (χ0) is 17.7. The van der Waals surface area contributed by atoms with E-state index in [-0.39, 0.29) is 5.91 Å². The molecule has 1 atom stereocenters. The summed E-state index contributed by atoms with van der Waals surface area (Å²) in [5.41, 5.74) is 8.44. The van der Waals surface area contributed by atoms with E-state index in [1.165, 1.54) is 0 Å². The zero-order valence-corrected chi connectivity index (χ0v) is 15.3. The molecule has 6 heteroatoms. The smallest absolute Gasteiger partial charge is 0.239 e. The molecule has 1 aromatic carbocycles. The van der Waals surface area contributed by atoms with Crippen molar-refractivity contribution in [2.45, 2.75) is 26.3 Å². The van der Waals surface area contributed by atoms with Crippen LogP contribution in [0.3, 0.4) is 0 Å². The SMILES string of the molecule is COc1ccc(-c2cscc2N[C@@H](CC(C)C)C(N)=O)cc1OC. The van der Waals surface area contributed by atoms with Gasteiger partial charge in [-0.15, -0.1) is 11.3 Å². The van der Waals surface area contributed by atoms with Crippen molar-refractivity contribution in [1.29, 1.82) is 0 Å². The van der Waals surface area contributed by atoms with E-state index in [9.17, 15) is 4.79 Å². The van der Waals surface area contributed by atoms with E-state index in [0.717, 1.165) is 16.8 Å². The maximum atomic E-state index is 11.7. The third kappa shape index (κ3) is 4.20. The molecule has 24 heavy (non-hydrogen) atoms. The maximum absolute atomic E-state index is 11.7. The predicted molar refractivity (Wildman–Crippen MR) is 98.9 cm³/mol. The van der Waals surface area contributed by atoms with Crippen molar-refractivity contribution in [2.24, 2.45) is 11.7 Å². The highest BCUT2D eigenvalue weighted by Crippen LogP contribution is 2.37. The van der Waals surface area contributed by atoms with E-state index in [1.807, 2.05) is 29.0 Å². The Balaban J connectivity index is 2.31. The molecule has 0 aliphatic heterocycles. The van der Waals surface area contributed by atoms with Crippen LogP contribution in [-0.4, -0.2) is 26.2 Å². The second-order valence-corrected chi connectivity index (χ2v) is 6.74. The average molecular weight is 348 g/mol. The Kier molecular flexibility index (Phi) is 6.09.